The lowest BCUT2D eigenvalue weighted by atomic mass is 9.89. The van der Waals surface area contributed by atoms with Gasteiger partial charge in [0, 0.05) is 29.9 Å². The highest BCUT2D eigenvalue weighted by Crippen LogP contribution is 2.43. The van der Waals surface area contributed by atoms with Crippen LogP contribution in [0.2, 0.25) is 0 Å². The van der Waals surface area contributed by atoms with Crippen molar-refractivity contribution in [2.24, 2.45) is 0 Å². The summed E-state index contributed by atoms with van der Waals surface area (Å²) in [6.07, 6.45) is 10.8. The highest BCUT2D eigenvalue weighted by atomic mass is 16.6. The van der Waals surface area contributed by atoms with Crippen LogP contribution in [0, 0.1) is 22.5 Å². The van der Waals surface area contributed by atoms with Gasteiger partial charge in [-0.25, -0.2) is 0 Å². The lowest BCUT2D eigenvalue weighted by Crippen LogP contribution is -2.41. The zero-order valence-electron chi connectivity index (χ0n) is 22.9. The standard InChI is InChI=1S/C32H31N2O6/c1-5-6-7-11-24-23-13-14-28(37-2)32(39-4)26(23)19-33-16-15-21-17-30(29(38-3)18-25(21)31(24)33)40-20-22-10-8-9-12-27(22)34(35)36/h1,8-10,12-14,17-19H,6-7,11,15-16,20H2,2-4H3/q+1. The number of nitro groups is 1. The molecule has 40 heavy (non-hydrogen) atoms. The molecule has 1 aromatic heterocycles. The van der Waals surface area contributed by atoms with Crippen molar-refractivity contribution >= 4 is 16.5 Å². The first-order chi connectivity index (χ1) is 19.5. The van der Waals surface area contributed by atoms with E-state index in [1.807, 2.05) is 18.2 Å². The van der Waals surface area contributed by atoms with E-state index in [1.54, 1.807) is 39.5 Å². The van der Waals surface area contributed by atoms with Gasteiger partial charge in [-0.05, 0) is 48.7 Å². The fourth-order valence-electron chi connectivity index (χ4n) is 5.49. The molecule has 4 aromatic rings. The highest BCUT2D eigenvalue weighted by Gasteiger charge is 2.31. The van der Waals surface area contributed by atoms with Gasteiger partial charge in [0.25, 0.3) is 5.69 Å². The normalized spacial score (nSPS) is 11.8. The van der Waals surface area contributed by atoms with E-state index in [1.165, 1.54) is 11.6 Å². The Morgan fingerprint density at radius 1 is 1.00 bits per heavy atom. The van der Waals surface area contributed by atoms with Crippen molar-refractivity contribution in [3.05, 3.63) is 81.5 Å². The number of nitrogens with zero attached hydrogens (tertiary/aromatic N) is 2. The van der Waals surface area contributed by atoms with Gasteiger partial charge in [-0.2, -0.15) is 4.57 Å². The minimum atomic E-state index is -0.395. The van der Waals surface area contributed by atoms with E-state index in [4.69, 9.17) is 25.4 Å². The Balaban J connectivity index is 1.62. The lowest BCUT2D eigenvalue weighted by Gasteiger charge is -2.22. The van der Waals surface area contributed by atoms with Crippen molar-refractivity contribution in [3.8, 4) is 46.6 Å². The third-order valence-electron chi connectivity index (χ3n) is 7.35. The molecule has 0 atom stereocenters. The van der Waals surface area contributed by atoms with Gasteiger partial charge in [-0.15, -0.1) is 12.3 Å². The Morgan fingerprint density at radius 2 is 1.80 bits per heavy atom. The quantitative estimate of drug-likeness (QED) is 0.0830. The summed E-state index contributed by atoms with van der Waals surface area (Å²) in [5.41, 5.74) is 5.01. The van der Waals surface area contributed by atoms with Crippen LogP contribution in [0.1, 0.15) is 29.5 Å². The molecule has 8 heteroatoms. The maximum atomic E-state index is 11.5. The number of aryl methyl sites for hydroxylation is 3. The Hall–Kier alpha value is -4.77. The number of fused-ring (bicyclic) bond motifs is 4. The lowest BCUT2D eigenvalue weighted by molar-refractivity contribution is -0.686. The van der Waals surface area contributed by atoms with Crippen molar-refractivity contribution in [1.29, 1.82) is 0 Å². The second-order valence-electron chi connectivity index (χ2n) is 9.55. The van der Waals surface area contributed by atoms with Gasteiger partial charge in [0.05, 0.1) is 42.8 Å². The Morgan fingerprint density at radius 3 is 2.52 bits per heavy atom. The molecule has 0 fully saturated rings. The van der Waals surface area contributed by atoms with Crippen LogP contribution < -0.4 is 23.5 Å². The smallest absolute Gasteiger partial charge is 0.276 e. The number of unbranched alkanes of at least 4 members (excludes halogenated alkanes) is 1. The van der Waals surface area contributed by atoms with Gasteiger partial charge in [0.1, 0.15) is 6.61 Å². The molecule has 0 saturated heterocycles. The van der Waals surface area contributed by atoms with Gasteiger partial charge in [-0.1, -0.05) is 12.1 Å². The van der Waals surface area contributed by atoms with Crippen molar-refractivity contribution in [2.45, 2.75) is 38.8 Å². The van der Waals surface area contributed by atoms with Crippen LogP contribution in [0.25, 0.3) is 22.0 Å². The van der Waals surface area contributed by atoms with Gasteiger partial charge in [0.15, 0.2) is 35.7 Å². The van der Waals surface area contributed by atoms with Gasteiger partial charge in [0.2, 0.25) is 5.69 Å². The van der Waals surface area contributed by atoms with Gasteiger partial charge in [-0.3, -0.25) is 10.1 Å². The fourth-order valence-corrected chi connectivity index (χ4v) is 5.49. The molecule has 1 aliphatic heterocycles. The Labute approximate surface area is 233 Å². The maximum Gasteiger partial charge on any atom is 0.276 e. The summed E-state index contributed by atoms with van der Waals surface area (Å²) >= 11 is 0. The third kappa shape index (κ3) is 4.87. The van der Waals surface area contributed by atoms with Gasteiger partial charge >= 0.3 is 0 Å². The van der Waals surface area contributed by atoms with Crippen LogP contribution in [0.15, 0.2) is 54.7 Å². The van der Waals surface area contributed by atoms with E-state index in [0.29, 0.717) is 35.0 Å². The largest absolute Gasteiger partial charge is 0.493 e. The highest BCUT2D eigenvalue weighted by molar-refractivity contribution is 5.95. The monoisotopic (exact) mass is 539 g/mol. The molecule has 5 rings (SSSR count). The summed E-state index contributed by atoms with van der Waals surface area (Å²) in [7, 11) is 4.90. The number of terminal acetylenes is 1. The summed E-state index contributed by atoms with van der Waals surface area (Å²) < 4.78 is 25.5. The number of hydrogen-bond donors (Lipinski definition) is 0. The molecule has 0 unspecified atom stereocenters. The van der Waals surface area contributed by atoms with E-state index in [-0.39, 0.29) is 12.3 Å². The van der Waals surface area contributed by atoms with Crippen molar-refractivity contribution in [3.63, 3.8) is 0 Å². The molecule has 2 heterocycles. The topological polar surface area (TPSA) is 83.9 Å². The van der Waals surface area contributed by atoms with E-state index in [2.05, 4.69) is 22.8 Å². The SMILES string of the molecule is C#CCCCc1c2[n+](cc3c(OC)c(OC)ccc13)CCc1cc(OCc3ccccc3[N+](=O)[O-])c(OC)cc1-2. The number of pyridine rings is 1. The first kappa shape index (κ1) is 26.8. The zero-order valence-corrected chi connectivity index (χ0v) is 22.9. The molecule has 0 amide bonds. The van der Waals surface area contributed by atoms with Crippen LogP contribution in [-0.2, 0) is 26.0 Å². The minimum absolute atomic E-state index is 0.0281. The third-order valence-corrected chi connectivity index (χ3v) is 7.35. The average molecular weight is 540 g/mol. The Kier molecular flexibility index (Phi) is 7.74. The molecule has 0 bridgehead atoms. The summed E-state index contributed by atoms with van der Waals surface area (Å²) in [5.74, 6) is 5.26. The maximum absolute atomic E-state index is 11.5. The van der Waals surface area contributed by atoms with Crippen molar-refractivity contribution < 1.29 is 28.4 Å². The van der Waals surface area contributed by atoms with Crippen molar-refractivity contribution in [2.75, 3.05) is 21.3 Å². The molecule has 8 nitrogen and oxygen atoms in total. The number of rotatable bonds is 10. The Bertz CT molecular complexity index is 1640. The number of methoxy groups -OCH3 is 3. The fraction of sp³-hybridized carbons (Fsp3) is 0.281. The first-order valence-electron chi connectivity index (χ1n) is 13.1. The molecule has 0 N–H and O–H groups in total. The first-order valence-corrected chi connectivity index (χ1v) is 13.1. The summed E-state index contributed by atoms with van der Waals surface area (Å²) in [4.78, 5) is 11.1. The van der Waals surface area contributed by atoms with E-state index >= 15 is 0 Å². The molecule has 204 valence electrons. The second kappa shape index (κ2) is 11.5. The molecule has 3 aromatic carbocycles. The average Bonchev–Trinajstić information content (AvgIpc) is 2.98. The van der Waals surface area contributed by atoms with Crippen LogP contribution in [0.3, 0.4) is 0 Å². The van der Waals surface area contributed by atoms with E-state index < -0.39 is 4.92 Å². The van der Waals surface area contributed by atoms with E-state index in [9.17, 15) is 10.1 Å². The molecular weight excluding hydrogens is 508 g/mol. The van der Waals surface area contributed by atoms with E-state index in [0.717, 1.165) is 53.4 Å². The molecule has 0 aliphatic carbocycles. The number of aromatic nitrogens is 1. The summed E-state index contributed by atoms with van der Waals surface area (Å²) in [5, 5.41) is 13.5. The molecule has 0 spiro atoms. The predicted octanol–water partition coefficient (Wildman–Crippen LogP) is 5.82. The number of para-hydroxylation sites is 1. The molecule has 0 radical (unpaired) electrons. The summed E-state index contributed by atoms with van der Waals surface area (Å²) in [6, 6.07) is 14.6. The number of hydrogen-bond acceptors (Lipinski definition) is 6. The van der Waals surface area contributed by atoms with Gasteiger partial charge < -0.3 is 18.9 Å². The van der Waals surface area contributed by atoms with Crippen molar-refractivity contribution in [1.82, 2.24) is 0 Å². The van der Waals surface area contributed by atoms with Crippen LogP contribution in [0.4, 0.5) is 5.69 Å². The molecule has 0 saturated carbocycles. The van der Waals surface area contributed by atoms with Crippen LogP contribution in [-0.4, -0.2) is 26.3 Å². The number of benzene rings is 3. The van der Waals surface area contributed by atoms with Crippen LogP contribution in [0.5, 0.6) is 23.0 Å². The molecule has 1 aliphatic rings. The molecular formula is C32H31N2O6+. The zero-order chi connectivity index (χ0) is 28.2. The summed E-state index contributed by atoms with van der Waals surface area (Å²) in [6.45, 7) is 0.817. The van der Waals surface area contributed by atoms with Crippen LogP contribution >= 0.6 is 0 Å². The predicted molar refractivity (Wildman–Crippen MR) is 152 cm³/mol. The number of nitro benzene ring substituents is 1. The second-order valence-corrected chi connectivity index (χ2v) is 9.55. The minimum Gasteiger partial charge on any atom is -0.493 e. The number of ether oxygens (including phenoxy) is 4.